The van der Waals surface area contributed by atoms with Crippen molar-refractivity contribution in [3.63, 3.8) is 0 Å². The molecule has 1 saturated heterocycles. The number of amides is 1. The van der Waals surface area contributed by atoms with Gasteiger partial charge in [0.1, 0.15) is 0 Å². The van der Waals surface area contributed by atoms with Gasteiger partial charge in [-0.3, -0.25) is 4.98 Å². The summed E-state index contributed by atoms with van der Waals surface area (Å²) >= 11 is 0. The Morgan fingerprint density at radius 3 is 2.17 bits per heavy atom. The molecule has 1 amide bonds. The van der Waals surface area contributed by atoms with Crippen LogP contribution in [-0.4, -0.2) is 40.7 Å². The van der Waals surface area contributed by atoms with Crippen LogP contribution < -0.4 is 10.8 Å². The topological polar surface area (TPSA) is 80.7 Å². The van der Waals surface area contributed by atoms with Gasteiger partial charge in [0, 0.05) is 11.7 Å². The standard InChI is InChI=1S/C14H18BF3N2O4/c1-12(2)13(3,4)24-15(23-12)8-5-6-9(19-7-8)10(14(16,17)18)20-11(21)22/h5-7,10,20H,1-4H3,(H,21,22). The molecule has 1 aromatic rings. The molecule has 1 aliphatic rings. The van der Waals surface area contributed by atoms with E-state index in [1.807, 2.05) is 27.7 Å². The zero-order valence-electron chi connectivity index (χ0n) is 13.6. The number of carboxylic acid groups (broad SMARTS) is 1. The van der Waals surface area contributed by atoms with Crippen LogP contribution in [0.4, 0.5) is 18.0 Å². The smallest absolute Gasteiger partial charge is 0.465 e. The SMILES string of the molecule is CC1(C)OB(c2ccc(C(NC(=O)O)C(F)(F)F)nc2)OC1(C)C. The lowest BCUT2D eigenvalue weighted by Gasteiger charge is -2.32. The van der Waals surface area contributed by atoms with Crippen molar-refractivity contribution in [2.75, 3.05) is 0 Å². The summed E-state index contributed by atoms with van der Waals surface area (Å²) in [4.78, 5) is 14.3. The molecule has 0 saturated carbocycles. The molecule has 1 unspecified atom stereocenters. The predicted molar refractivity (Wildman–Crippen MR) is 79.9 cm³/mol. The number of nitrogens with one attached hydrogen (secondary N) is 1. The zero-order valence-corrected chi connectivity index (χ0v) is 13.6. The highest BCUT2D eigenvalue weighted by atomic mass is 19.4. The van der Waals surface area contributed by atoms with E-state index in [0.29, 0.717) is 5.46 Å². The molecule has 1 fully saturated rings. The summed E-state index contributed by atoms with van der Waals surface area (Å²) in [6.45, 7) is 7.41. The van der Waals surface area contributed by atoms with E-state index in [0.717, 1.165) is 6.07 Å². The molecule has 0 bridgehead atoms. The molecule has 0 radical (unpaired) electrons. The van der Waals surface area contributed by atoms with Crippen molar-refractivity contribution in [1.29, 1.82) is 0 Å². The summed E-state index contributed by atoms with van der Waals surface area (Å²) < 4.78 is 50.4. The van der Waals surface area contributed by atoms with E-state index in [2.05, 4.69) is 4.98 Å². The Bertz CT molecular complexity index is 603. The van der Waals surface area contributed by atoms with Gasteiger partial charge in [-0.2, -0.15) is 13.2 Å². The summed E-state index contributed by atoms with van der Waals surface area (Å²) in [6, 6.07) is 0.0867. The summed E-state index contributed by atoms with van der Waals surface area (Å²) in [5.41, 5.74) is -1.18. The molecule has 132 valence electrons. The van der Waals surface area contributed by atoms with E-state index in [-0.39, 0.29) is 0 Å². The monoisotopic (exact) mass is 346 g/mol. The minimum absolute atomic E-state index is 0.452. The van der Waals surface area contributed by atoms with E-state index >= 15 is 0 Å². The molecule has 6 nitrogen and oxygen atoms in total. The van der Waals surface area contributed by atoms with Crippen molar-refractivity contribution in [3.05, 3.63) is 24.0 Å². The highest BCUT2D eigenvalue weighted by Crippen LogP contribution is 2.36. The van der Waals surface area contributed by atoms with Crippen molar-refractivity contribution < 1.29 is 32.4 Å². The number of hydrogen-bond acceptors (Lipinski definition) is 4. The molecule has 2 N–H and O–H groups in total. The maximum absolute atomic E-state index is 13.0. The van der Waals surface area contributed by atoms with Crippen LogP contribution in [0.25, 0.3) is 0 Å². The van der Waals surface area contributed by atoms with Gasteiger partial charge in [0.25, 0.3) is 0 Å². The maximum atomic E-state index is 13.0. The third kappa shape index (κ3) is 3.64. The second-order valence-electron chi connectivity index (χ2n) is 6.53. The Kier molecular flexibility index (Phi) is 4.58. The molecular formula is C14H18BF3N2O4. The summed E-state index contributed by atoms with van der Waals surface area (Å²) in [6.07, 6.45) is -5.38. The molecule has 0 aromatic carbocycles. The lowest BCUT2D eigenvalue weighted by atomic mass is 9.80. The van der Waals surface area contributed by atoms with Gasteiger partial charge in [0.2, 0.25) is 0 Å². The second kappa shape index (κ2) is 5.93. The Labute approximate surface area is 137 Å². The number of rotatable bonds is 3. The average molecular weight is 346 g/mol. The van der Waals surface area contributed by atoms with Crippen LogP contribution in [0.1, 0.15) is 39.4 Å². The molecule has 24 heavy (non-hydrogen) atoms. The third-order valence-corrected chi connectivity index (χ3v) is 4.23. The number of carbonyl (C=O) groups is 1. The predicted octanol–water partition coefficient (Wildman–Crippen LogP) is 2.25. The van der Waals surface area contributed by atoms with Gasteiger partial charge in [-0.05, 0) is 33.8 Å². The Morgan fingerprint density at radius 1 is 1.25 bits per heavy atom. The Hall–Kier alpha value is -1.81. The highest BCUT2D eigenvalue weighted by Gasteiger charge is 2.52. The summed E-state index contributed by atoms with van der Waals surface area (Å²) in [7, 11) is -0.756. The van der Waals surface area contributed by atoms with Crippen LogP contribution >= 0.6 is 0 Å². The van der Waals surface area contributed by atoms with Crippen LogP contribution in [0.5, 0.6) is 0 Å². The molecule has 1 aromatic heterocycles. The van der Waals surface area contributed by atoms with Crippen molar-refractivity contribution in [2.45, 2.75) is 51.1 Å². The van der Waals surface area contributed by atoms with E-state index in [1.165, 1.54) is 17.6 Å². The van der Waals surface area contributed by atoms with Gasteiger partial charge in [0.15, 0.2) is 6.04 Å². The van der Waals surface area contributed by atoms with E-state index in [1.54, 1.807) is 0 Å². The van der Waals surface area contributed by atoms with E-state index in [9.17, 15) is 18.0 Å². The minimum atomic E-state index is -4.79. The van der Waals surface area contributed by atoms with Crippen LogP contribution in [0.15, 0.2) is 18.3 Å². The first kappa shape index (κ1) is 18.5. The number of pyridine rings is 1. The lowest BCUT2D eigenvalue weighted by Crippen LogP contribution is -2.41. The number of halogens is 3. The molecule has 2 rings (SSSR count). The Morgan fingerprint density at radius 2 is 1.79 bits per heavy atom. The molecular weight excluding hydrogens is 328 g/mol. The molecule has 10 heteroatoms. The second-order valence-corrected chi connectivity index (χ2v) is 6.53. The number of nitrogens with zero attached hydrogens (tertiary/aromatic N) is 1. The van der Waals surface area contributed by atoms with Crippen molar-refractivity contribution in [2.24, 2.45) is 0 Å². The number of alkyl halides is 3. The van der Waals surface area contributed by atoms with Crippen molar-refractivity contribution in [3.8, 4) is 0 Å². The van der Waals surface area contributed by atoms with E-state index < -0.39 is 42.3 Å². The van der Waals surface area contributed by atoms with Crippen molar-refractivity contribution in [1.82, 2.24) is 10.3 Å². The van der Waals surface area contributed by atoms with Gasteiger partial charge in [-0.15, -0.1) is 0 Å². The fourth-order valence-electron chi connectivity index (χ4n) is 2.15. The van der Waals surface area contributed by atoms with E-state index in [4.69, 9.17) is 14.4 Å². The fourth-order valence-corrected chi connectivity index (χ4v) is 2.15. The van der Waals surface area contributed by atoms with Crippen LogP contribution in [0.2, 0.25) is 0 Å². The summed E-state index contributed by atoms with van der Waals surface area (Å²) in [5.74, 6) is 0. The molecule has 2 heterocycles. The first-order chi connectivity index (χ1) is 10.8. The molecule has 0 aliphatic carbocycles. The van der Waals surface area contributed by atoms with Crippen molar-refractivity contribution >= 4 is 18.7 Å². The zero-order chi connectivity index (χ0) is 18.3. The Balaban J connectivity index is 2.23. The van der Waals surface area contributed by atoms with Crippen LogP contribution in [0.3, 0.4) is 0 Å². The molecule has 1 atom stereocenters. The lowest BCUT2D eigenvalue weighted by molar-refractivity contribution is -0.156. The van der Waals surface area contributed by atoms with Gasteiger partial charge in [0.05, 0.1) is 16.9 Å². The van der Waals surface area contributed by atoms with Gasteiger partial charge >= 0.3 is 19.4 Å². The quantitative estimate of drug-likeness (QED) is 0.821. The molecule has 0 spiro atoms. The minimum Gasteiger partial charge on any atom is -0.465 e. The first-order valence-electron chi connectivity index (χ1n) is 7.21. The number of aromatic nitrogens is 1. The first-order valence-corrected chi connectivity index (χ1v) is 7.21. The third-order valence-electron chi connectivity index (χ3n) is 4.23. The van der Waals surface area contributed by atoms with Gasteiger partial charge in [-0.1, -0.05) is 6.07 Å². The highest BCUT2D eigenvalue weighted by molar-refractivity contribution is 6.62. The fraction of sp³-hybridized carbons (Fsp3) is 0.571. The maximum Gasteiger partial charge on any atom is 0.496 e. The summed E-state index contributed by atoms with van der Waals surface area (Å²) in [5, 5.41) is 9.99. The van der Waals surface area contributed by atoms with Gasteiger partial charge in [-0.25, -0.2) is 4.79 Å². The molecule has 1 aliphatic heterocycles. The average Bonchev–Trinajstić information content (AvgIpc) is 2.64. The van der Waals surface area contributed by atoms with Crippen LogP contribution in [-0.2, 0) is 9.31 Å². The van der Waals surface area contributed by atoms with Crippen LogP contribution in [0, 0.1) is 0 Å². The largest absolute Gasteiger partial charge is 0.496 e. The normalized spacial score (nSPS) is 20.7. The van der Waals surface area contributed by atoms with Gasteiger partial charge < -0.3 is 19.7 Å². The number of hydrogen-bond donors (Lipinski definition) is 2.